The first-order valence-electron chi connectivity index (χ1n) is 7.19. The Morgan fingerprint density at radius 2 is 2.09 bits per heavy atom. The second-order valence-electron chi connectivity index (χ2n) is 5.04. The summed E-state index contributed by atoms with van der Waals surface area (Å²) in [5.41, 5.74) is 6.31. The van der Waals surface area contributed by atoms with Crippen molar-refractivity contribution in [3.05, 3.63) is 41.2 Å². The zero-order chi connectivity index (χ0) is 16.2. The lowest BCUT2D eigenvalue weighted by Crippen LogP contribution is -2.43. The van der Waals surface area contributed by atoms with E-state index in [0.717, 1.165) is 31.9 Å². The molecule has 0 bridgehead atoms. The van der Waals surface area contributed by atoms with Gasteiger partial charge in [0, 0.05) is 38.1 Å². The van der Waals surface area contributed by atoms with Crippen LogP contribution in [0.15, 0.2) is 30.5 Å². The predicted octanol–water partition coefficient (Wildman–Crippen LogP) is 1.43. The number of piperazine rings is 1. The van der Waals surface area contributed by atoms with Crippen molar-refractivity contribution in [1.82, 2.24) is 15.3 Å². The fourth-order valence-corrected chi connectivity index (χ4v) is 2.53. The highest BCUT2D eigenvalue weighted by Crippen LogP contribution is 2.31. The van der Waals surface area contributed by atoms with Gasteiger partial charge in [-0.2, -0.15) is 4.98 Å². The lowest BCUT2D eigenvalue weighted by Gasteiger charge is -2.29. The van der Waals surface area contributed by atoms with Crippen LogP contribution in [0.5, 0.6) is 11.8 Å². The average molecular weight is 334 g/mol. The van der Waals surface area contributed by atoms with Gasteiger partial charge in [-0.3, -0.25) is 4.79 Å². The van der Waals surface area contributed by atoms with Crippen molar-refractivity contribution in [2.24, 2.45) is 5.73 Å². The van der Waals surface area contributed by atoms with Gasteiger partial charge in [0.2, 0.25) is 0 Å². The highest BCUT2D eigenvalue weighted by atomic mass is 35.5. The third-order valence-corrected chi connectivity index (χ3v) is 3.78. The lowest BCUT2D eigenvalue weighted by molar-refractivity contribution is 0.0994. The summed E-state index contributed by atoms with van der Waals surface area (Å²) in [5.74, 6) is -0.218. The molecule has 8 heteroatoms. The topological polar surface area (TPSA) is 93.4 Å². The Morgan fingerprint density at radius 3 is 2.78 bits per heavy atom. The van der Waals surface area contributed by atoms with E-state index in [9.17, 15) is 4.79 Å². The van der Waals surface area contributed by atoms with E-state index in [1.54, 1.807) is 6.07 Å². The zero-order valence-electron chi connectivity index (χ0n) is 12.3. The van der Waals surface area contributed by atoms with Gasteiger partial charge in [-0.05, 0) is 24.3 Å². The van der Waals surface area contributed by atoms with Crippen LogP contribution < -0.4 is 20.7 Å². The van der Waals surface area contributed by atoms with Crippen LogP contribution in [0, 0.1) is 0 Å². The number of nitrogens with two attached hydrogens (primary N) is 1. The van der Waals surface area contributed by atoms with Crippen LogP contribution in [0.2, 0.25) is 5.02 Å². The summed E-state index contributed by atoms with van der Waals surface area (Å²) >= 11 is 6.29. The normalized spacial score (nSPS) is 14.6. The Hall–Kier alpha value is -2.38. The Balaban J connectivity index is 1.78. The molecule has 2 heterocycles. The molecule has 1 aromatic heterocycles. The second kappa shape index (κ2) is 6.80. The molecule has 120 valence electrons. The molecular weight excluding hydrogens is 318 g/mol. The second-order valence-corrected chi connectivity index (χ2v) is 5.45. The highest BCUT2D eigenvalue weighted by molar-refractivity contribution is 6.32. The molecule has 1 aromatic carbocycles. The number of aromatic nitrogens is 2. The van der Waals surface area contributed by atoms with Gasteiger partial charge in [-0.25, -0.2) is 4.98 Å². The Labute approximate surface area is 138 Å². The summed E-state index contributed by atoms with van der Waals surface area (Å²) in [6.45, 7) is 3.76. The summed E-state index contributed by atoms with van der Waals surface area (Å²) in [5, 5.41) is 3.76. The molecule has 0 atom stereocenters. The molecular formula is C15H16ClN5O2. The van der Waals surface area contributed by atoms with E-state index in [0.29, 0.717) is 10.8 Å². The number of rotatable bonds is 4. The maximum absolute atomic E-state index is 11.1. The van der Waals surface area contributed by atoms with Crippen molar-refractivity contribution in [3.8, 4) is 11.8 Å². The molecule has 0 radical (unpaired) electrons. The number of halogens is 1. The summed E-state index contributed by atoms with van der Waals surface area (Å²) in [6.07, 6.45) is 1.41. The van der Waals surface area contributed by atoms with Crippen LogP contribution in [0.1, 0.15) is 10.5 Å². The molecule has 0 spiro atoms. The molecule has 1 fully saturated rings. The quantitative estimate of drug-likeness (QED) is 0.879. The summed E-state index contributed by atoms with van der Waals surface area (Å²) < 4.78 is 5.55. The molecule has 2 aromatic rings. The number of hydrogen-bond donors (Lipinski definition) is 2. The van der Waals surface area contributed by atoms with Crippen LogP contribution in [-0.4, -0.2) is 42.1 Å². The SMILES string of the molecule is NC(=O)c1ccnc(Oc2ccc(N3CCNCC3)cc2Cl)n1. The van der Waals surface area contributed by atoms with Gasteiger partial charge >= 0.3 is 6.01 Å². The molecule has 3 N–H and O–H groups in total. The molecule has 0 unspecified atom stereocenters. The summed E-state index contributed by atoms with van der Waals surface area (Å²) in [6, 6.07) is 6.99. The molecule has 3 rings (SSSR count). The van der Waals surface area contributed by atoms with Crippen LogP contribution in [0.3, 0.4) is 0 Å². The fraction of sp³-hybridized carbons (Fsp3) is 0.267. The Bertz CT molecular complexity index is 719. The monoisotopic (exact) mass is 333 g/mol. The third-order valence-electron chi connectivity index (χ3n) is 3.48. The number of ether oxygens (including phenoxy) is 1. The van der Waals surface area contributed by atoms with Crippen molar-refractivity contribution < 1.29 is 9.53 Å². The zero-order valence-corrected chi connectivity index (χ0v) is 13.1. The number of hydrogen-bond acceptors (Lipinski definition) is 6. The molecule has 1 aliphatic heterocycles. The van der Waals surface area contributed by atoms with E-state index in [2.05, 4.69) is 20.2 Å². The summed E-state index contributed by atoms with van der Waals surface area (Å²) in [7, 11) is 0. The van der Waals surface area contributed by atoms with E-state index in [1.165, 1.54) is 12.3 Å². The highest BCUT2D eigenvalue weighted by Gasteiger charge is 2.14. The van der Waals surface area contributed by atoms with Crippen LogP contribution in [0.25, 0.3) is 0 Å². The number of carbonyl (C=O) groups is 1. The van der Waals surface area contributed by atoms with E-state index in [-0.39, 0.29) is 11.7 Å². The maximum atomic E-state index is 11.1. The molecule has 7 nitrogen and oxygen atoms in total. The third kappa shape index (κ3) is 3.69. The molecule has 1 aliphatic rings. The Morgan fingerprint density at radius 1 is 1.30 bits per heavy atom. The lowest BCUT2D eigenvalue weighted by atomic mass is 10.2. The van der Waals surface area contributed by atoms with E-state index in [4.69, 9.17) is 22.1 Å². The number of carbonyl (C=O) groups excluding carboxylic acids is 1. The van der Waals surface area contributed by atoms with Crippen molar-refractivity contribution in [2.75, 3.05) is 31.1 Å². The first-order chi connectivity index (χ1) is 11.1. The first-order valence-corrected chi connectivity index (χ1v) is 7.57. The van der Waals surface area contributed by atoms with Gasteiger partial charge < -0.3 is 20.7 Å². The number of anilines is 1. The summed E-state index contributed by atoms with van der Waals surface area (Å²) in [4.78, 5) is 21.3. The van der Waals surface area contributed by atoms with Gasteiger partial charge in [0.25, 0.3) is 5.91 Å². The first kappa shape index (κ1) is 15.5. The molecule has 1 saturated heterocycles. The van der Waals surface area contributed by atoms with Gasteiger partial charge in [-0.1, -0.05) is 11.6 Å². The molecule has 1 amide bonds. The standard InChI is InChI=1S/C15H16ClN5O2/c16-11-9-10(21-7-5-18-6-8-21)1-2-13(11)23-15-19-4-3-12(20-15)14(17)22/h1-4,9,18H,5-8H2,(H2,17,22). The maximum Gasteiger partial charge on any atom is 0.322 e. The van der Waals surface area contributed by atoms with E-state index in [1.807, 2.05) is 12.1 Å². The number of amides is 1. The number of benzene rings is 1. The molecule has 0 saturated carbocycles. The fourth-order valence-electron chi connectivity index (χ4n) is 2.32. The van der Waals surface area contributed by atoms with Crippen LogP contribution in [-0.2, 0) is 0 Å². The van der Waals surface area contributed by atoms with Gasteiger partial charge in [-0.15, -0.1) is 0 Å². The number of primary amides is 1. The minimum Gasteiger partial charge on any atom is -0.423 e. The smallest absolute Gasteiger partial charge is 0.322 e. The molecule has 23 heavy (non-hydrogen) atoms. The molecule has 0 aliphatic carbocycles. The minimum atomic E-state index is -0.641. The van der Waals surface area contributed by atoms with Gasteiger partial charge in [0.05, 0.1) is 5.02 Å². The van der Waals surface area contributed by atoms with Gasteiger partial charge in [0.15, 0.2) is 0 Å². The van der Waals surface area contributed by atoms with Gasteiger partial charge in [0.1, 0.15) is 11.4 Å². The van der Waals surface area contributed by atoms with Crippen LogP contribution in [0.4, 0.5) is 5.69 Å². The van der Waals surface area contributed by atoms with Crippen LogP contribution >= 0.6 is 11.6 Å². The van der Waals surface area contributed by atoms with Crippen molar-refractivity contribution >= 4 is 23.2 Å². The largest absolute Gasteiger partial charge is 0.423 e. The number of nitrogens with zero attached hydrogens (tertiary/aromatic N) is 3. The van der Waals surface area contributed by atoms with Crippen molar-refractivity contribution in [1.29, 1.82) is 0 Å². The van der Waals surface area contributed by atoms with E-state index >= 15 is 0 Å². The minimum absolute atomic E-state index is 0.0260. The average Bonchev–Trinajstić information content (AvgIpc) is 2.58. The van der Waals surface area contributed by atoms with Crippen molar-refractivity contribution in [3.63, 3.8) is 0 Å². The van der Waals surface area contributed by atoms with E-state index < -0.39 is 5.91 Å². The predicted molar refractivity (Wildman–Crippen MR) is 87.2 cm³/mol. The number of nitrogens with one attached hydrogen (secondary N) is 1. The van der Waals surface area contributed by atoms with Crippen molar-refractivity contribution in [2.45, 2.75) is 0 Å². The Kier molecular flexibility index (Phi) is 4.59.